The number of rotatable bonds is 9. The number of ether oxygens (including phenoxy) is 4. The largest absolute Gasteiger partial charge is 0.493 e. The van der Waals surface area contributed by atoms with Crippen LogP contribution in [0.2, 0.25) is 0 Å². The van der Waals surface area contributed by atoms with Crippen LogP contribution in [0.15, 0.2) is 17.1 Å². The van der Waals surface area contributed by atoms with E-state index in [4.69, 9.17) is 18.9 Å². The number of guanidine groups is 1. The summed E-state index contributed by atoms with van der Waals surface area (Å²) >= 11 is 0. The van der Waals surface area contributed by atoms with E-state index >= 15 is 0 Å². The van der Waals surface area contributed by atoms with E-state index in [9.17, 15) is 0 Å². The molecule has 0 bridgehead atoms. The molecule has 7 nitrogen and oxygen atoms in total. The molecule has 0 saturated carbocycles. The quantitative estimate of drug-likeness (QED) is 0.506. The zero-order chi connectivity index (χ0) is 20.4. The molecular formula is C20H35N3O4. The standard InChI is InChI=1S/C20H35N3O4/c1-9-21-19(23-13-16(25-6)20(2,3)4)22-12-14-10-11-15(24-5)18(27-8)17(14)26-7/h10-11,16H,9,12-13H2,1-8H3,(H2,21,22,23). The number of benzene rings is 1. The second-order valence-electron chi connectivity index (χ2n) is 7.16. The molecule has 0 saturated heterocycles. The van der Waals surface area contributed by atoms with Crippen molar-refractivity contribution in [3.05, 3.63) is 17.7 Å². The third-order valence-corrected chi connectivity index (χ3v) is 4.24. The second kappa shape index (κ2) is 10.9. The van der Waals surface area contributed by atoms with Crippen molar-refractivity contribution in [2.75, 3.05) is 41.5 Å². The van der Waals surface area contributed by atoms with Gasteiger partial charge in [-0.15, -0.1) is 0 Å². The van der Waals surface area contributed by atoms with Crippen molar-refractivity contribution >= 4 is 5.96 Å². The summed E-state index contributed by atoms with van der Waals surface area (Å²) in [5.74, 6) is 2.54. The smallest absolute Gasteiger partial charge is 0.203 e. The highest BCUT2D eigenvalue weighted by Crippen LogP contribution is 2.39. The highest BCUT2D eigenvalue weighted by atomic mass is 16.5. The maximum atomic E-state index is 5.60. The van der Waals surface area contributed by atoms with Crippen molar-refractivity contribution in [3.8, 4) is 17.2 Å². The van der Waals surface area contributed by atoms with E-state index in [-0.39, 0.29) is 11.5 Å². The van der Waals surface area contributed by atoms with Crippen molar-refractivity contribution in [3.63, 3.8) is 0 Å². The average molecular weight is 382 g/mol. The van der Waals surface area contributed by atoms with Gasteiger partial charge in [0.1, 0.15) is 0 Å². The van der Waals surface area contributed by atoms with Crippen LogP contribution in [0.5, 0.6) is 17.2 Å². The number of nitrogens with zero attached hydrogens (tertiary/aromatic N) is 1. The molecule has 0 spiro atoms. The number of hydrogen-bond donors (Lipinski definition) is 2. The van der Waals surface area contributed by atoms with Crippen LogP contribution >= 0.6 is 0 Å². The SMILES string of the molecule is CCNC(=NCc1ccc(OC)c(OC)c1OC)NCC(OC)C(C)(C)C. The number of aliphatic imine (C=N–C) groups is 1. The summed E-state index contributed by atoms with van der Waals surface area (Å²) in [4.78, 5) is 4.67. The Kier molecular flexibility index (Phi) is 9.21. The van der Waals surface area contributed by atoms with Gasteiger partial charge in [0.2, 0.25) is 5.75 Å². The number of hydrogen-bond acceptors (Lipinski definition) is 5. The van der Waals surface area contributed by atoms with Crippen molar-refractivity contribution in [2.45, 2.75) is 40.3 Å². The first-order chi connectivity index (χ1) is 12.8. The predicted molar refractivity (Wildman–Crippen MR) is 109 cm³/mol. The second-order valence-corrected chi connectivity index (χ2v) is 7.16. The maximum Gasteiger partial charge on any atom is 0.203 e. The van der Waals surface area contributed by atoms with Crippen LogP contribution in [0.1, 0.15) is 33.3 Å². The van der Waals surface area contributed by atoms with Crippen molar-refractivity contribution in [1.29, 1.82) is 0 Å². The van der Waals surface area contributed by atoms with Gasteiger partial charge in [-0.05, 0) is 24.5 Å². The van der Waals surface area contributed by atoms with Crippen molar-refractivity contribution < 1.29 is 18.9 Å². The van der Waals surface area contributed by atoms with Gasteiger partial charge in [-0.3, -0.25) is 0 Å². The molecule has 0 heterocycles. The van der Waals surface area contributed by atoms with Crippen LogP contribution < -0.4 is 24.8 Å². The molecule has 1 aromatic carbocycles. The molecule has 0 fully saturated rings. The summed E-state index contributed by atoms with van der Waals surface area (Å²) in [7, 11) is 6.54. The molecule has 0 aliphatic heterocycles. The van der Waals surface area contributed by atoms with Gasteiger partial charge in [-0.25, -0.2) is 4.99 Å². The molecule has 0 aromatic heterocycles. The van der Waals surface area contributed by atoms with Gasteiger partial charge < -0.3 is 29.6 Å². The lowest BCUT2D eigenvalue weighted by Crippen LogP contribution is -2.45. The molecule has 0 radical (unpaired) electrons. The van der Waals surface area contributed by atoms with E-state index in [1.54, 1.807) is 28.4 Å². The first kappa shape index (κ1) is 22.9. The first-order valence-electron chi connectivity index (χ1n) is 9.15. The van der Waals surface area contributed by atoms with Gasteiger partial charge in [-0.2, -0.15) is 0 Å². The Morgan fingerprint density at radius 2 is 1.67 bits per heavy atom. The van der Waals surface area contributed by atoms with Gasteiger partial charge in [0.05, 0.1) is 34.0 Å². The third kappa shape index (κ3) is 6.50. The van der Waals surface area contributed by atoms with Crippen LogP contribution in [0, 0.1) is 5.41 Å². The van der Waals surface area contributed by atoms with E-state index in [1.807, 2.05) is 19.1 Å². The van der Waals surface area contributed by atoms with Crippen molar-refractivity contribution in [1.82, 2.24) is 10.6 Å². The highest BCUT2D eigenvalue weighted by Gasteiger charge is 2.24. The molecule has 1 aromatic rings. The van der Waals surface area contributed by atoms with Gasteiger partial charge in [0, 0.05) is 25.8 Å². The molecule has 0 aliphatic rings. The van der Waals surface area contributed by atoms with Crippen molar-refractivity contribution in [2.24, 2.45) is 10.4 Å². The Hall–Kier alpha value is -2.15. The lowest BCUT2D eigenvalue weighted by molar-refractivity contribution is 0.0205. The molecule has 1 atom stereocenters. The fraction of sp³-hybridized carbons (Fsp3) is 0.650. The highest BCUT2D eigenvalue weighted by molar-refractivity contribution is 5.79. The van der Waals surface area contributed by atoms with E-state index in [0.29, 0.717) is 30.3 Å². The Bertz CT molecular complexity index is 612. The molecule has 2 N–H and O–H groups in total. The summed E-state index contributed by atoms with van der Waals surface area (Å²) in [5, 5.41) is 6.61. The lowest BCUT2D eigenvalue weighted by atomic mass is 9.89. The van der Waals surface area contributed by atoms with Gasteiger partial charge in [-0.1, -0.05) is 20.8 Å². The fourth-order valence-corrected chi connectivity index (χ4v) is 2.73. The first-order valence-corrected chi connectivity index (χ1v) is 9.15. The van der Waals surface area contributed by atoms with Gasteiger partial charge >= 0.3 is 0 Å². The zero-order valence-electron chi connectivity index (χ0n) is 17.9. The topological polar surface area (TPSA) is 73.3 Å². The Morgan fingerprint density at radius 1 is 1.00 bits per heavy atom. The molecule has 0 amide bonds. The minimum atomic E-state index is 0.0334. The summed E-state index contributed by atoms with van der Waals surface area (Å²) in [5.41, 5.74) is 0.942. The zero-order valence-corrected chi connectivity index (χ0v) is 17.9. The molecule has 1 rings (SSSR count). The van der Waals surface area contributed by atoms with Crippen LogP contribution in [0.3, 0.4) is 0 Å². The predicted octanol–water partition coefficient (Wildman–Crippen LogP) is 2.83. The maximum absolute atomic E-state index is 5.60. The Morgan fingerprint density at radius 3 is 2.15 bits per heavy atom. The molecule has 154 valence electrons. The van der Waals surface area contributed by atoms with E-state index in [2.05, 4.69) is 36.4 Å². The average Bonchev–Trinajstić information content (AvgIpc) is 2.64. The summed E-state index contributed by atoms with van der Waals surface area (Å²) < 4.78 is 21.9. The van der Waals surface area contributed by atoms with E-state index in [1.165, 1.54) is 0 Å². The molecule has 27 heavy (non-hydrogen) atoms. The number of methoxy groups -OCH3 is 4. The summed E-state index contributed by atoms with van der Waals surface area (Å²) in [6, 6.07) is 3.79. The lowest BCUT2D eigenvalue weighted by Gasteiger charge is -2.30. The Balaban J connectivity index is 2.98. The van der Waals surface area contributed by atoms with Crippen LogP contribution in [-0.2, 0) is 11.3 Å². The molecule has 0 aliphatic carbocycles. The van der Waals surface area contributed by atoms with Gasteiger partial charge in [0.25, 0.3) is 0 Å². The minimum Gasteiger partial charge on any atom is -0.493 e. The molecular weight excluding hydrogens is 346 g/mol. The van der Waals surface area contributed by atoms with E-state index in [0.717, 1.165) is 18.1 Å². The Labute approximate surface area is 163 Å². The molecule has 7 heteroatoms. The van der Waals surface area contributed by atoms with Crippen LogP contribution in [0.25, 0.3) is 0 Å². The third-order valence-electron chi connectivity index (χ3n) is 4.24. The fourth-order valence-electron chi connectivity index (χ4n) is 2.73. The summed E-state index contributed by atoms with van der Waals surface area (Å²) in [6.45, 7) is 10.4. The molecule has 1 unspecified atom stereocenters. The monoisotopic (exact) mass is 381 g/mol. The summed E-state index contributed by atoms with van der Waals surface area (Å²) in [6.07, 6.45) is 0.0666. The normalized spacial score (nSPS) is 13.1. The van der Waals surface area contributed by atoms with Crippen LogP contribution in [-0.4, -0.2) is 53.6 Å². The van der Waals surface area contributed by atoms with Gasteiger partial charge in [0.15, 0.2) is 17.5 Å². The number of nitrogens with one attached hydrogen (secondary N) is 2. The minimum absolute atomic E-state index is 0.0334. The van der Waals surface area contributed by atoms with E-state index < -0.39 is 0 Å². The van der Waals surface area contributed by atoms with Crippen LogP contribution in [0.4, 0.5) is 0 Å².